The molecule has 4 aromatic rings. The van der Waals surface area contributed by atoms with Crippen LogP contribution in [0.2, 0.25) is 0 Å². The van der Waals surface area contributed by atoms with Crippen LogP contribution in [-0.2, 0) is 6.42 Å². The number of rotatable bonds is 6. The van der Waals surface area contributed by atoms with Gasteiger partial charge in [0.2, 0.25) is 0 Å². The lowest BCUT2D eigenvalue weighted by atomic mass is 9.93. The predicted molar refractivity (Wildman–Crippen MR) is 163 cm³/mol. The van der Waals surface area contributed by atoms with Crippen LogP contribution < -0.4 is 15.0 Å². The van der Waals surface area contributed by atoms with E-state index in [1.165, 1.54) is 0 Å². The SMILES string of the molecule is CCc1cccc2cccc(-c3ncc4c(N5CC6CCC(C5)N6)nc(OCC56C[C@H](O)CN5C[C@H](O)C6)nc4c3F)c12. The van der Waals surface area contributed by atoms with Crippen molar-refractivity contribution in [3.8, 4) is 17.3 Å². The van der Waals surface area contributed by atoms with Crippen LogP contribution in [0.3, 0.4) is 0 Å². The van der Waals surface area contributed by atoms with Crippen molar-refractivity contribution in [2.75, 3.05) is 37.7 Å². The average Bonchev–Trinajstić information content (AvgIpc) is 3.61. The fraction of sp³-hybridized carbons (Fsp3) is 0.485. The van der Waals surface area contributed by atoms with Gasteiger partial charge in [0.25, 0.3) is 0 Å². The number of β-amino-alcohol motifs (C(OH)–C–C–N with tert-alkyl or cyclic N) is 2. The highest BCUT2D eigenvalue weighted by atomic mass is 19.1. The molecule has 4 fully saturated rings. The molecule has 2 aromatic carbocycles. The zero-order chi connectivity index (χ0) is 29.3. The van der Waals surface area contributed by atoms with Crippen molar-refractivity contribution in [2.24, 2.45) is 0 Å². The summed E-state index contributed by atoms with van der Waals surface area (Å²) in [5, 5.41) is 27.1. The topological polar surface area (TPSA) is 107 Å². The Labute approximate surface area is 249 Å². The molecule has 0 saturated carbocycles. The monoisotopic (exact) mass is 584 g/mol. The number of nitrogens with one attached hydrogen (secondary N) is 1. The van der Waals surface area contributed by atoms with Crippen LogP contribution in [-0.4, -0.2) is 92.7 Å². The second kappa shape index (κ2) is 10.3. The Balaban J connectivity index is 1.24. The normalized spacial score (nSPS) is 28.7. The molecule has 8 rings (SSSR count). The molecule has 4 saturated heterocycles. The Morgan fingerprint density at radius 2 is 1.72 bits per heavy atom. The van der Waals surface area contributed by atoms with Gasteiger partial charge in [-0.25, -0.2) is 4.39 Å². The van der Waals surface area contributed by atoms with Crippen LogP contribution in [0.4, 0.5) is 10.2 Å². The lowest BCUT2D eigenvalue weighted by Gasteiger charge is -2.34. The number of piperazine rings is 1. The average molecular weight is 585 g/mol. The number of fused-ring (bicyclic) bond motifs is 5. The van der Waals surface area contributed by atoms with Gasteiger partial charge in [-0.3, -0.25) is 9.88 Å². The maximum atomic E-state index is 16.8. The molecule has 43 heavy (non-hydrogen) atoms. The molecule has 4 aliphatic rings. The van der Waals surface area contributed by atoms with E-state index in [-0.39, 0.29) is 23.8 Å². The molecule has 5 atom stereocenters. The molecule has 9 nitrogen and oxygen atoms in total. The van der Waals surface area contributed by atoms with Crippen LogP contribution in [0, 0.1) is 5.82 Å². The second-order valence-electron chi connectivity index (χ2n) is 12.9. The van der Waals surface area contributed by atoms with Gasteiger partial charge in [-0.15, -0.1) is 0 Å². The van der Waals surface area contributed by atoms with Crippen LogP contribution in [0.15, 0.2) is 42.6 Å². The summed E-state index contributed by atoms with van der Waals surface area (Å²) < 4.78 is 23.0. The summed E-state index contributed by atoms with van der Waals surface area (Å²) in [6, 6.07) is 12.9. The molecule has 3 N–H and O–H groups in total. The molecule has 10 heteroatoms. The molecule has 6 heterocycles. The summed E-state index contributed by atoms with van der Waals surface area (Å²) >= 11 is 0. The maximum Gasteiger partial charge on any atom is 0.319 e. The summed E-state index contributed by atoms with van der Waals surface area (Å²) in [6.07, 6.45) is 4.82. The minimum Gasteiger partial charge on any atom is -0.461 e. The third-order valence-electron chi connectivity index (χ3n) is 10.0. The Kier molecular flexibility index (Phi) is 6.52. The molecule has 2 aromatic heterocycles. The van der Waals surface area contributed by atoms with E-state index in [2.05, 4.69) is 33.1 Å². The minimum atomic E-state index is -0.493. The number of halogens is 1. The maximum absolute atomic E-state index is 16.8. The number of aromatic nitrogens is 3. The van der Waals surface area contributed by atoms with Crippen LogP contribution in [0.25, 0.3) is 32.9 Å². The number of ether oxygens (including phenoxy) is 1. The molecule has 224 valence electrons. The fourth-order valence-corrected chi connectivity index (χ4v) is 8.12. The van der Waals surface area contributed by atoms with Gasteiger partial charge in [0.1, 0.15) is 23.6 Å². The van der Waals surface area contributed by atoms with E-state index in [0.717, 1.165) is 54.3 Å². The first-order chi connectivity index (χ1) is 20.9. The summed E-state index contributed by atoms with van der Waals surface area (Å²) in [5.41, 5.74) is 1.84. The first-order valence-corrected chi connectivity index (χ1v) is 15.5. The standard InChI is InChI=1S/C33H37FN6O3/c1-2-19-5-3-6-20-7-4-8-25(27(19)20)29-28(34)30-26(13-35-29)31(39-14-21-9-10-22(15-39)36-21)38-32(37-30)43-18-33-11-23(41)16-40(33)17-24(42)12-33/h3-8,13,21-24,36,41-42H,2,9-12,14-18H2,1H3/t21?,22?,23-,24+,33?. The molecule has 0 aliphatic carbocycles. The highest BCUT2D eigenvalue weighted by molar-refractivity contribution is 6.00. The first-order valence-electron chi connectivity index (χ1n) is 15.5. The van der Waals surface area contributed by atoms with E-state index in [1.54, 1.807) is 6.20 Å². The Hall–Kier alpha value is -3.44. The number of aliphatic hydroxyl groups excluding tert-OH is 2. The minimum absolute atomic E-state index is 0.105. The zero-order valence-electron chi connectivity index (χ0n) is 24.3. The summed E-state index contributed by atoms with van der Waals surface area (Å²) in [6.45, 7) is 4.86. The fourth-order valence-electron chi connectivity index (χ4n) is 8.12. The second-order valence-corrected chi connectivity index (χ2v) is 12.9. The highest BCUT2D eigenvalue weighted by Gasteiger charge is 2.52. The quantitative estimate of drug-likeness (QED) is 0.314. The van der Waals surface area contributed by atoms with Crippen molar-refractivity contribution >= 4 is 27.5 Å². The van der Waals surface area contributed by atoms with Crippen LogP contribution in [0.5, 0.6) is 6.01 Å². The number of aryl methyl sites for hydroxylation is 1. The van der Waals surface area contributed by atoms with Crippen molar-refractivity contribution in [2.45, 2.75) is 68.9 Å². The summed E-state index contributed by atoms with van der Waals surface area (Å²) in [5.74, 6) is 0.144. The number of anilines is 1. The Morgan fingerprint density at radius 3 is 2.44 bits per heavy atom. The largest absolute Gasteiger partial charge is 0.461 e. The highest BCUT2D eigenvalue weighted by Crippen LogP contribution is 2.41. The van der Waals surface area contributed by atoms with E-state index in [4.69, 9.17) is 14.7 Å². The number of aliphatic hydroxyl groups is 2. The molecular formula is C33H37FN6O3. The lowest BCUT2D eigenvalue weighted by Crippen LogP contribution is -2.51. The first kappa shape index (κ1) is 27.1. The number of nitrogens with zero attached hydrogens (tertiary/aromatic N) is 5. The van der Waals surface area contributed by atoms with E-state index >= 15 is 4.39 Å². The van der Waals surface area contributed by atoms with E-state index < -0.39 is 23.6 Å². The van der Waals surface area contributed by atoms with Gasteiger partial charge < -0.3 is 25.2 Å². The third kappa shape index (κ3) is 4.54. The van der Waals surface area contributed by atoms with E-state index in [0.29, 0.717) is 49.2 Å². The van der Waals surface area contributed by atoms with Gasteiger partial charge in [-0.1, -0.05) is 43.3 Å². The van der Waals surface area contributed by atoms with Crippen molar-refractivity contribution in [3.63, 3.8) is 0 Å². The third-order valence-corrected chi connectivity index (χ3v) is 10.0. The van der Waals surface area contributed by atoms with Crippen molar-refractivity contribution in [1.82, 2.24) is 25.2 Å². The van der Waals surface area contributed by atoms with Crippen molar-refractivity contribution < 1.29 is 19.3 Å². The van der Waals surface area contributed by atoms with E-state index in [9.17, 15) is 10.2 Å². The van der Waals surface area contributed by atoms with Gasteiger partial charge in [-0.05, 0) is 48.4 Å². The molecule has 4 aliphatic heterocycles. The Morgan fingerprint density at radius 1 is 1.00 bits per heavy atom. The lowest BCUT2D eigenvalue weighted by molar-refractivity contribution is 0.105. The van der Waals surface area contributed by atoms with Gasteiger partial charge >= 0.3 is 6.01 Å². The van der Waals surface area contributed by atoms with Crippen LogP contribution >= 0.6 is 0 Å². The number of hydrogen-bond acceptors (Lipinski definition) is 9. The number of benzene rings is 2. The van der Waals surface area contributed by atoms with Gasteiger partial charge in [0.05, 0.1) is 23.1 Å². The van der Waals surface area contributed by atoms with E-state index in [1.807, 2.05) is 30.3 Å². The van der Waals surface area contributed by atoms with Gasteiger partial charge in [0, 0.05) is 50.0 Å². The number of hydrogen-bond donors (Lipinski definition) is 3. The molecule has 0 radical (unpaired) electrons. The molecule has 3 unspecified atom stereocenters. The smallest absolute Gasteiger partial charge is 0.319 e. The predicted octanol–water partition coefficient (Wildman–Crippen LogP) is 3.44. The summed E-state index contributed by atoms with van der Waals surface area (Å²) in [4.78, 5) is 18.6. The number of pyridine rings is 1. The van der Waals surface area contributed by atoms with Crippen molar-refractivity contribution in [1.29, 1.82) is 0 Å². The van der Waals surface area contributed by atoms with Crippen molar-refractivity contribution in [3.05, 3.63) is 54.0 Å². The Bertz CT molecular complexity index is 1690. The van der Waals surface area contributed by atoms with Crippen LogP contribution in [0.1, 0.15) is 38.2 Å². The molecule has 0 amide bonds. The summed E-state index contributed by atoms with van der Waals surface area (Å²) in [7, 11) is 0. The molecular weight excluding hydrogens is 547 g/mol. The van der Waals surface area contributed by atoms with Gasteiger partial charge in [-0.2, -0.15) is 9.97 Å². The molecule has 0 spiro atoms. The zero-order valence-corrected chi connectivity index (χ0v) is 24.3. The van der Waals surface area contributed by atoms with Gasteiger partial charge in [0.15, 0.2) is 5.82 Å². The molecule has 2 bridgehead atoms.